The summed E-state index contributed by atoms with van der Waals surface area (Å²) in [4.78, 5) is 25.8. The molecule has 0 aliphatic heterocycles. The van der Waals surface area contributed by atoms with Gasteiger partial charge in [-0.15, -0.1) is 10.2 Å². The minimum absolute atomic E-state index is 0.156. The van der Waals surface area contributed by atoms with E-state index >= 15 is 0 Å². The van der Waals surface area contributed by atoms with Gasteiger partial charge in [-0.2, -0.15) is 0 Å². The maximum atomic E-state index is 13.5. The van der Waals surface area contributed by atoms with Gasteiger partial charge in [-0.25, -0.2) is 4.57 Å². The highest BCUT2D eigenvalue weighted by Crippen LogP contribution is 2.27. The Labute approximate surface area is 184 Å². The predicted molar refractivity (Wildman–Crippen MR) is 122 cm³/mol. The van der Waals surface area contributed by atoms with Gasteiger partial charge in [0.1, 0.15) is 5.25 Å². The molecule has 0 N–H and O–H groups in total. The molecule has 8 heteroatoms. The molecule has 31 heavy (non-hydrogen) atoms. The summed E-state index contributed by atoms with van der Waals surface area (Å²) in [6.07, 6.45) is 0.768. The van der Waals surface area contributed by atoms with E-state index in [2.05, 4.69) is 10.2 Å². The second kappa shape index (κ2) is 8.55. The number of fused-ring (bicyclic) bond motifs is 3. The van der Waals surface area contributed by atoms with Gasteiger partial charge >= 0.3 is 5.97 Å². The first-order valence-corrected chi connectivity index (χ1v) is 11.1. The van der Waals surface area contributed by atoms with Crippen molar-refractivity contribution in [2.45, 2.75) is 44.5 Å². The number of carbonyl (C=O) groups is 1. The first-order chi connectivity index (χ1) is 14.9. The topological polar surface area (TPSA) is 78.5 Å². The lowest BCUT2D eigenvalue weighted by molar-refractivity contribution is -0.142. The van der Waals surface area contributed by atoms with E-state index in [0.29, 0.717) is 28.4 Å². The first kappa shape index (κ1) is 21.1. The zero-order valence-electron chi connectivity index (χ0n) is 18.0. The molecule has 4 rings (SSSR count). The van der Waals surface area contributed by atoms with E-state index in [-0.39, 0.29) is 11.5 Å². The molecule has 4 aromatic rings. The van der Waals surface area contributed by atoms with Gasteiger partial charge in [0.15, 0.2) is 5.16 Å². The number of aromatic nitrogens is 4. The van der Waals surface area contributed by atoms with Crippen LogP contribution in [0.15, 0.2) is 52.4 Å². The van der Waals surface area contributed by atoms with Crippen LogP contribution in [-0.2, 0) is 9.53 Å². The minimum atomic E-state index is -0.459. The molecule has 1 unspecified atom stereocenters. The summed E-state index contributed by atoms with van der Waals surface area (Å²) < 4.78 is 8.71. The van der Waals surface area contributed by atoms with Gasteiger partial charge in [0.05, 0.1) is 23.2 Å². The fourth-order valence-corrected chi connectivity index (χ4v) is 4.31. The van der Waals surface area contributed by atoms with Gasteiger partial charge in [0, 0.05) is 0 Å². The highest BCUT2D eigenvalue weighted by Gasteiger charge is 2.23. The smallest absolute Gasteiger partial charge is 0.319 e. The average molecular weight is 437 g/mol. The van der Waals surface area contributed by atoms with Gasteiger partial charge in [-0.05, 0) is 56.5 Å². The molecular weight excluding hydrogens is 412 g/mol. The van der Waals surface area contributed by atoms with Crippen LogP contribution >= 0.6 is 11.8 Å². The van der Waals surface area contributed by atoms with E-state index in [0.717, 1.165) is 23.2 Å². The third-order valence-electron chi connectivity index (χ3n) is 5.06. The summed E-state index contributed by atoms with van der Waals surface area (Å²) in [5.74, 6) is 0.116. The van der Waals surface area contributed by atoms with Gasteiger partial charge in [0.2, 0.25) is 5.78 Å². The lowest BCUT2D eigenvalue weighted by atomic mass is 10.1. The number of benzene rings is 2. The van der Waals surface area contributed by atoms with Gasteiger partial charge in [-0.3, -0.25) is 14.0 Å². The van der Waals surface area contributed by atoms with Crippen molar-refractivity contribution in [1.29, 1.82) is 0 Å². The van der Waals surface area contributed by atoms with Crippen molar-refractivity contribution in [3.05, 3.63) is 63.9 Å². The van der Waals surface area contributed by atoms with Crippen LogP contribution in [0.5, 0.6) is 0 Å². The van der Waals surface area contributed by atoms with Crippen molar-refractivity contribution < 1.29 is 9.53 Å². The third-order valence-corrected chi connectivity index (χ3v) is 6.08. The zero-order chi connectivity index (χ0) is 22.1. The average Bonchev–Trinajstić information content (AvgIpc) is 3.17. The molecule has 0 saturated carbocycles. The predicted octanol–water partition coefficient (Wildman–Crippen LogP) is 4.08. The van der Waals surface area contributed by atoms with Crippen LogP contribution in [0.4, 0.5) is 0 Å². The highest BCUT2D eigenvalue weighted by atomic mass is 32.2. The van der Waals surface area contributed by atoms with Crippen LogP contribution in [0.1, 0.15) is 31.4 Å². The summed E-state index contributed by atoms with van der Waals surface area (Å²) in [5.41, 5.74) is 3.31. The summed E-state index contributed by atoms with van der Waals surface area (Å²) >= 11 is 1.27. The molecule has 0 amide bonds. The van der Waals surface area contributed by atoms with E-state index in [1.165, 1.54) is 11.8 Å². The third kappa shape index (κ3) is 3.83. The van der Waals surface area contributed by atoms with E-state index in [1.54, 1.807) is 17.6 Å². The van der Waals surface area contributed by atoms with E-state index in [9.17, 15) is 9.59 Å². The molecule has 7 nitrogen and oxygen atoms in total. The molecule has 0 spiro atoms. The zero-order valence-corrected chi connectivity index (χ0v) is 18.8. The van der Waals surface area contributed by atoms with Gasteiger partial charge < -0.3 is 4.74 Å². The summed E-state index contributed by atoms with van der Waals surface area (Å²) in [5, 5.41) is 9.32. The number of esters is 1. The van der Waals surface area contributed by atoms with E-state index in [1.807, 2.05) is 61.6 Å². The number of hydrogen-bond acceptors (Lipinski definition) is 6. The number of aryl methyl sites for hydroxylation is 2. The van der Waals surface area contributed by atoms with Crippen molar-refractivity contribution in [3.8, 4) is 5.69 Å². The van der Waals surface area contributed by atoms with Crippen molar-refractivity contribution >= 4 is 34.4 Å². The molecule has 0 aliphatic rings. The van der Waals surface area contributed by atoms with E-state index < -0.39 is 5.25 Å². The maximum absolute atomic E-state index is 13.5. The van der Waals surface area contributed by atoms with Crippen LogP contribution < -0.4 is 5.56 Å². The molecule has 0 aliphatic carbocycles. The number of carbonyl (C=O) groups excluding carboxylic acids is 1. The Morgan fingerprint density at radius 1 is 1.16 bits per heavy atom. The van der Waals surface area contributed by atoms with Crippen LogP contribution in [0.25, 0.3) is 22.4 Å². The Kier molecular flexibility index (Phi) is 5.82. The second-order valence-electron chi connectivity index (χ2n) is 7.49. The van der Waals surface area contributed by atoms with Crippen molar-refractivity contribution in [2.75, 3.05) is 6.61 Å². The number of rotatable bonds is 6. The molecule has 0 bridgehead atoms. The number of nitrogens with zero attached hydrogens (tertiary/aromatic N) is 4. The fraction of sp³-hybridized carbons (Fsp3) is 0.304. The van der Waals surface area contributed by atoms with Gasteiger partial charge in [-0.1, -0.05) is 43.0 Å². The van der Waals surface area contributed by atoms with Crippen LogP contribution in [0.2, 0.25) is 0 Å². The molecule has 0 saturated heterocycles. The van der Waals surface area contributed by atoms with Crippen molar-refractivity contribution in [2.24, 2.45) is 0 Å². The second-order valence-corrected chi connectivity index (χ2v) is 8.80. The fourth-order valence-electron chi connectivity index (χ4n) is 3.46. The first-order valence-electron chi connectivity index (χ1n) is 10.2. The Bertz CT molecular complexity index is 1340. The summed E-state index contributed by atoms with van der Waals surface area (Å²) in [6, 6.07) is 13.3. The number of para-hydroxylation sites is 1. The standard InChI is InChI=1S/C23H24N4O3S/c1-5-12-30-21(29)16(4)31-23-25-24-22-26(19-13-14(2)10-11-15(19)3)20(28)17-8-6-7-9-18(17)27(22)23/h6-11,13,16H,5,12H2,1-4H3. The lowest BCUT2D eigenvalue weighted by Crippen LogP contribution is -2.23. The molecule has 2 aromatic carbocycles. The molecule has 0 radical (unpaired) electrons. The minimum Gasteiger partial charge on any atom is -0.465 e. The monoisotopic (exact) mass is 436 g/mol. The summed E-state index contributed by atoms with van der Waals surface area (Å²) in [7, 11) is 0. The molecule has 0 fully saturated rings. The Balaban J connectivity index is 1.95. The van der Waals surface area contributed by atoms with Gasteiger partial charge in [0.25, 0.3) is 5.56 Å². The Morgan fingerprint density at radius 3 is 2.71 bits per heavy atom. The van der Waals surface area contributed by atoms with Crippen LogP contribution in [0.3, 0.4) is 0 Å². The lowest BCUT2D eigenvalue weighted by Gasteiger charge is -2.14. The van der Waals surface area contributed by atoms with Crippen LogP contribution in [-0.4, -0.2) is 37.0 Å². The number of hydrogen-bond donors (Lipinski definition) is 0. The van der Waals surface area contributed by atoms with E-state index in [4.69, 9.17) is 4.74 Å². The van der Waals surface area contributed by atoms with Crippen LogP contribution in [0, 0.1) is 13.8 Å². The molecule has 160 valence electrons. The maximum Gasteiger partial charge on any atom is 0.319 e. The molecule has 2 aromatic heterocycles. The highest BCUT2D eigenvalue weighted by molar-refractivity contribution is 8.00. The van der Waals surface area contributed by atoms with Crippen molar-refractivity contribution in [3.63, 3.8) is 0 Å². The SMILES string of the molecule is CCCOC(=O)C(C)Sc1nnc2n(-c3cc(C)ccc3C)c(=O)c3ccccc3n12. The summed E-state index contributed by atoms with van der Waals surface area (Å²) in [6.45, 7) is 8.08. The molecular formula is C23H24N4O3S. The Hall–Kier alpha value is -3.13. The quantitative estimate of drug-likeness (QED) is 0.335. The van der Waals surface area contributed by atoms with Crippen molar-refractivity contribution in [1.82, 2.24) is 19.2 Å². The molecule has 1 atom stereocenters. The number of thioether (sulfide) groups is 1. The Morgan fingerprint density at radius 2 is 1.94 bits per heavy atom. The largest absolute Gasteiger partial charge is 0.465 e. The number of ether oxygens (including phenoxy) is 1. The molecule has 2 heterocycles. The normalized spacial score (nSPS) is 12.4.